The highest BCUT2D eigenvalue weighted by molar-refractivity contribution is 5.85. The van der Waals surface area contributed by atoms with Gasteiger partial charge in [0.05, 0.1) is 0 Å². The molecule has 2 N–H and O–H groups in total. The van der Waals surface area contributed by atoms with Gasteiger partial charge in [-0.2, -0.15) is 0 Å². The summed E-state index contributed by atoms with van der Waals surface area (Å²) in [5, 5.41) is 12.4. The molecule has 0 aliphatic rings. The van der Waals surface area contributed by atoms with Gasteiger partial charge in [0.15, 0.2) is 11.5 Å². The number of phenolic OH excluding ortho intramolecular Hbond substituents is 1. The fraction of sp³-hybridized carbons (Fsp3) is 0.529. The van der Waals surface area contributed by atoms with Gasteiger partial charge >= 0.3 is 12.1 Å². The zero-order valence-corrected chi connectivity index (χ0v) is 14.1. The van der Waals surface area contributed by atoms with Crippen molar-refractivity contribution < 1.29 is 24.2 Å². The number of anilines is 1. The third kappa shape index (κ3) is 7.54. The number of phenols is 1. The second-order valence-electron chi connectivity index (χ2n) is 6.24. The van der Waals surface area contributed by atoms with E-state index in [4.69, 9.17) is 9.47 Å². The van der Waals surface area contributed by atoms with Gasteiger partial charge in [0, 0.05) is 18.2 Å². The zero-order valence-electron chi connectivity index (χ0n) is 14.1. The maximum Gasteiger partial charge on any atom is 0.412 e. The van der Waals surface area contributed by atoms with Crippen molar-refractivity contribution in [1.29, 1.82) is 0 Å². The first kappa shape index (κ1) is 18.8. The number of amides is 1. The van der Waals surface area contributed by atoms with E-state index < -0.39 is 11.7 Å². The van der Waals surface area contributed by atoms with Crippen LogP contribution >= 0.6 is 0 Å². The molecule has 0 bridgehead atoms. The molecular formula is C17H25NO5. The predicted octanol–water partition coefficient (Wildman–Crippen LogP) is 4.22. The number of benzene rings is 1. The van der Waals surface area contributed by atoms with E-state index in [0.29, 0.717) is 12.1 Å². The fourth-order valence-electron chi connectivity index (χ4n) is 1.80. The predicted molar refractivity (Wildman–Crippen MR) is 87.7 cm³/mol. The third-order valence-corrected chi connectivity index (χ3v) is 2.81. The minimum Gasteiger partial charge on any atom is -0.504 e. The molecule has 0 aromatic heterocycles. The van der Waals surface area contributed by atoms with Crippen LogP contribution in [-0.4, -0.2) is 22.8 Å². The van der Waals surface area contributed by atoms with E-state index >= 15 is 0 Å². The van der Waals surface area contributed by atoms with Gasteiger partial charge in [0.2, 0.25) is 0 Å². The second kappa shape index (κ2) is 8.41. The Morgan fingerprint density at radius 3 is 2.48 bits per heavy atom. The van der Waals surface area contributed by atoms with Gasteiger partial charge in [0.25, 0.3) is 0 Å². The van der Waals surface area contributed by atoms with Gasteiger partial charge < -0.3 is 14.6 Å². The Morgan fingerprint density at radius 1 is 1.22 bits per heavy atom. The van der Waals surface area contributed by atoms with Crippen molar-refractivity contribution in [2.75, 3.05) is 5.32 Å². The molecule has 0 spiro atoms. The number of ether oxygens (including phenoxy) is 2. The lowest BCUT2D eigenvalue weighted by Crippen LogP contribution is -2.27. The van der Waals surface area contributed by atoms with Crippen LogP contribution in [0.4, 0.5) is 10.5 Å². The van der Waals surface area contributed by atoms with Gasteiger partial charge in [-0.15, -0.1) is 0 Å². The van der Waals surface area contributed by atoms with Crippen molar-refractivity contribution >= 4 is 17.7 Å². The van der Waals surface area contributed by atoms with Gasteiger partial charge in [0.1, 0.15) is 5.60 Å². The minimum atomic E-state index is -0.624. The maximum atomic E-state index is 11.6. The Balaban J connectivity index is 2.60. The van der Waals surface area contributed by atoms with Crippen molar-refractivity contribution in [2.24, 2.45) is 0 Å². The summed E-state index contributed by atoms with van der Waals surface area (Å²) in [4.78, 5) is 23.3. The molecule has 1 aromatic carbocycles. The summed E-state index contributed by atoms with van der Waals surface area (Å²) < 4.78 is 10.2. The molecule has 0 heterocycles. The van der Waals surface area contributed by atoms with Crippen molar-refractivity contribution in [3.05, 3.63) is 18.2 Å². The van der Waals surface area contributed by atoms with Crippen LogP contribution in [0.25, 0.3) is 0 Å². The van der Waals surface area contributed by atoms with E-state index in [1.165, 1.54) is 18.2 Å². The number of hydrogen-bond donors (Lipinski definition) is 2. The van der Waals surface area contributed by atoms with Gasteiger partial charge in [-0.1, -0.05) is 19.8 Å². The van der Waals surface area contributed by atoms with Crippen LogP contribution in [0.5, 0.6) is 11.5 Å². The van der Waals surface area contributed by atoms with Crippen LogP contribution in [0.1, 0.15) is 53.4 Å². The summed E-state index contributed by atoms with van der Waals surface area (Å²) in [6.07, 6.45) is 2.42. The number of nitrogens with one attached hydrogen (secondary N) is 1. The lowest BCUT2D eigenvalue weighted by atomic mass is 10.2. The molecule has 6 nitrogen and oxygen atoms in total. The molecular weight excluding hydrogens is 298 g/mol. The van der Waals surface area contributed by atoms with Crippen molar-refractivity contribution in [1.82, 2.24) is 0 Å². The Morgan fingerprint density at radius 2 is 1.91 bits per heavy atom. The van der Waals surface area contributed by atoms with Crippen LogP contribution in [0.15, 0.2) is 18.2 Å². The summed E-state index contributed by atoms with van der Waals surface area (Å²) in [5.41, 5.74) is -0.261. The normalized spacial score (nSPS) is 11.0. The molecule has 1 amide bonds. The summed E-state index contributed by atoms with van der Waals surface area (Å²) in [6, 6.07) is 4.26. The first-order valence-corrected chi connectivity index (χ1v) is 7.75. The third-order valence-electron chi connectivity index (χ3n) is 2.81. The lowest BCUT2D eigenvalue weighted by molar-refractivity contribution is -0.134. The van der Waals surface area contributed by atoms with Crippen LogP contribution in [0.3, 0.4) is 0 Å². The van der Waals surface area contributed by atoms with Crippen molar-refractivity contribution in [3.63, 3.8) is 0 Å². The van der Waals surface area contributed by atoms with Crippen LogP contribution in [0, 0.1) is 0 Å². The molecule has 0 aliphatic heterocycles. The van der Waals surface area contributed by atoms with E-state index in [2.05, 4.69) is 5.32 Å². The number of esters is 1. The number of carbonyl (C=O) groups is 2. The highest BCUT2D eigenvalue weighted by Gasteiger charge is 2.17. The average molecular weight is 323 g/mol. The Bertz CT molecular complexity index is 548. The summed E-state index contributed by atoms with van der Waals surface area (Å²) in [6.45, 7) is 7.31. The highest BCUT2D eigenvalue weighted by atomic mass is 16.6. The van der Waals surface area contributed by atoms with Gasteiger partial charge in [-0.05, 0) is 39.3 Å². The summed E-state index contributed by atoms with van der Waals surface area (Å²) in [7, 11) is 0. The van der Waals surface area contributed by atoms with Gasteiger partial charge in [-0.3, -0.25) is 10.1 Å². The van der Waals surface area contributed by atoms with Crippen LogP contribution in [0.2, 0.25) is 0 Å². The number of hydrogen-bond acceptors (Lipinski definition) is 5. The number of carbonyl (C=O) groups excluding carboxylic acids is 2. The fourth-order valence-corrected chi connectivity index (χ4v) is 1.80. The number of aromatic hydroxyl groups is 1. The quantitative estimate of drug-likeness (QED) is 0.465. The molecule has 0 atom stereocenters. The molecule has 0 radical (unpaired) electrons. The van der Waals surface area contributed by atoms with E-state index in [-0.39, 0.29) is 17.5 Å². The van der Waals surface area contributed by atoms with E-state index in [1.54, 1.807) is 20.8 Å². The smallest absolute Gasteiger partial charge is 0.412 e. The Hall–Kier alpha value is -2.24. The van der Waals surface area contributed by atoms with Gasteiger partial charge in [-0.25, -0.2) is 4.79 Å². The maximum absolute atomic E-state index is 11.6. The van der Waals surface area contributed by atoms with Crippen LogP contribution < -0.4 is 10.1 Å². The standard InChI is InChI=1S/C17H25NO5/c1-5-6-7-8-15(20)22-14-10-9-12(11-13(14)19)18-16(21)23-17(2,3)4/h9-11,19H,5-8H2,1-4H3,(H,18,21). The topological polar surface area (TPSA) is 84.9 Å². The average Bonchev–Trinajstić information content (AvgIpc) is 2.40. The lowest BCUT2D eigenvalue weighted by Gasteiger charge is -2.19. The minimum absolute atomic E-state index is 0.0706. The summed E-state index contributed by atoms with van der Waals surface area (Å²) in [5.74, 6) is -0.537. The molecule has 0 unspecified atom stereocenters. The first-order chi connectivity index (χ1) is 10.7. The van der Waals surface area contributed by atoms with Crippen molar-refractivity contribution in [3.8, 4) is 11.5 Å². The highest BCUT2D eigenvalue weighted by Crippen LogP contribution is 2.29. The Labute approximate surface area is 136 Å². The molecule has 1 rings (SSSR count). The monoisotopic (exact) mass is 323 g/mol. The SMILES string of the molecule is CCCCCC(=O)Oc1ccc(NC(=O)OC(C)(C)C)cc1O. The molecule has 6 heteroatoms. The molecule has 1 aromatic rings. The zero-order chi connectivity index (χ0) is 17.5. The molecule has 0 fully saturated rings. The molecule has 0 saturated heterocycles. The first-order valence-electron chi connectivity index (χ1n) is 7.75. The summed E-state index contributed by atoms with van der Waals surface area (Å²) >= 11 is 0. The Kier molecular flexibility index (Phi) is 6.88. The van der Waals surface area contributed by atoms with Crippen LogP contribution in [-0.2, 0) is 9.53 Å². The molecule has 128 valence electrons. The second-order valence-corrected chi connectivity index (χ2v) is 6.24. The number of rotatable bonds is 6. The van der Waals surface area contributed by atoms with E-state index in [1.807, 2.05) is 6.92 Å². The largest absolute Gasteiger partial charge is 0.504 e. The molecule has 23 heavy (non-hydrogen) atoms. The molecule has 0 saturated carbocycles. The number of unbranched alkanes of at least 4 members (excludes halogenated alkanes) is 2. The van der Waals surface area contributed by atoms with E-state index in [0.717, 1.165) is 19.3 Å². The van der Waals surface area contributed by atoms with Crippen molar-refractivity contribution in [2.45, 2.75) is 59.0 Å². The molecule has 0 aliphatic carbocycles. The van der Waals surface area contributed by atoms with E-state index in [9.17, 15) is 14.7 Å².